The highest BCUT2D eigenvalue weighted by Crippen LogP contribution is 2.25. The summed E-state index contributed by atoms with van der Waals surface area (Å²) in [5, 5.41) is 7.17. The first-order valence-corrected chi connectivity index (χ1v) is 6.70. The maximum atomic E-state index is 12.1. The Balaban J connectivity index is 1.52. The largest absolute Gasteiger partial charge is 0.476 e. The van der Waals surface area contributed by atoms with E-state index >= 15 is 0 Å². The lowest BCUT2D eigenvalue weighted by molar-refractivity contribution is 0.0946. The van der Waals surface area contributed by atoms with Crippen LogP contribution in [0.2, 0.25) is 0 Å². The number of aryl methyl sites for hydroxylation is 1. The van der Waals surface area contributed by atoms with E-state index in [0.29, 0.717) is 31.3 Å². The van der Waals surface area contributed by atoms with E-state index in [4.69, 9.17) is 4.74 Å². The van der Waals surface area contributed by atoms with Crippen molar-refractivity contribution in [3.63, 3.8) is 0 Å². The highest BCUT2D eigenvalue weighted by Gasteiger charge is 2.23. The highest BCUT2D eigenvalue weighted by atomic mass is 16.5. The summed E-state index contributed by atoms with van der Waals surface area (Å²) in [6, 6.07) is 0. The number of nitrogens with zero attached hydrogens (tertiary/aromatic N) is 4. The average molecular weight is 275 g/mol. The van der Waals surface area contributed by atoms with Crippen LogP contribution in [0.1, 0.15) is 22.5 Å². The minimum Gasteiger partial charge on any atom is -0.476 e. The van der Waals surface area contributed by atoms with Crippen LogP contribution in [-0.4, -0.2) is 38.4 Å². The molecule has 0 bridgehead atoms. The molecule has 7 heteroatoms. The second-order valence-electron chi connectivity index (χ2n) is 4.76. The van der Waals surface area contributed by atoms with E-state index in [2.05, 4.69) is 15.4 Å². The van der Waals surface area contributed by atoms with Crippen LogP contribution < -0.4 is 10.1 Å². The number of hydrogen-bond acceptors (Lipinski definition) is 4. The van der Waals surface area contributed by atoms with Gasteiger partial charge in [-0.3, -0.25) is 4.79 Å². The molecule has 1 amide bonds. The Morgan fingerprint density at radius 2 is 2.45 bits per heavy atom. The van der Waals surface area contributed by atoms with Crippen molar-refractivity contribution in [3.05, 3.63) is 30.0 Å². The van der Waals surface area contributed by atoms with Crippen molar-refractivity contribution in [2.24, 2.45) is 0 Å². The van der Waals surface area contributed by atoms with E-state index in [9.17, 15) is 4.79 Å². The zero-order valence-electron chi connectivity index (χ0n) is 11.4. The van der Waals surface area contributed by atoms with Gasteiger partial charge in [-0.25, -0.2) is 9.67 Å². The zero-order valence-corrected chi connectivity index (χ0v) is 11.4. The third-order valence-electron chi connectivity index (χ3n) is 3.33. The third-order valence-corrected chi connectivity index (χ3v) is 3.33. The summed E-state index contributed by atoms with van der Waals surface area (Å²) in [4.78, 5) is 16.0. The monoisotopic (exact) mass is 275 g/mol. The van der Waals surface area contributed by atoms with Crippen LogP contribution in [-0.2, 0) is 13.1 Å². The lowest BCUT2D eigenvalue weighted by Crippen LogP contribution is -2.26. The van der Waals surface area contributed by atoms with Crippen LogP contribution in [0.25, 0.3) is 0 Å². The molecule has 0 fully saturated rings. The van der Waals surface area contributed by atoms with Gasteiger partial charge in [0.2, 0.25) is 5.88 Å². The lowest BCUT2D eigenvalue weighted by atomic mass is 10.2. The number of imidazole rings is 1. The number of carbonyl (C=O) groups excluding carboxylic acids is 1. The van der Waals surface area contributed by atoms with Gasteiger partial charge < -0.3 is 14.6 Å². The maximum absolute atomic E-state index is 12.1. The van der Waals surface area contributed by atoms with Crippen molar-refractivity contribution in [2.75, 3.05) is 13.2 Å². The summed E-state index contributed by atoms with van der Waals surface area (Å²) in [6.07, 6.45) is 6.27. The number of aromatic nitrogens is 4. The first-order valence-electron chi connectivity index (χ1n) is 6.70. The summed E-state index contributed by atoms with van der Waals surface area (Å²) in [7, 11) is 0. The molecule has 1 aliphatic rings. The molecule has 0 radical (unpaired) electrons. The summed E-state index contributed by atoms with van der Waals surface area (Å²) >= 11 is 0. The number of amides is 1. The van der Waals surface area contributed by atoms with Gasteiger partial charge in [0.25, 0.3) is 5.91 Å². The number of rotatable bonds is 5. The Labute approximate surface area is 116 Å². The maximum Gasteiger partial charge on any atom is 0.272 e. The molecule has 2 aromatic rings. The molecule has 1 aliphatic heterocycles. The fraction of sp³-hybridized carbons (Fsp3) is 0.462. The molecule has 0 aliphatic carbocycles. The van der Waals surface area contributed by atoms with E-state index < -0.39 is 0 Å². The van der Waals surface area contributed by atoms with Gasteiger partial charge in [0, 0.05) is 31.0 Å². The first kappa shape index (κ1) is 12.7. The number of hydrogen-bond donors (Lipinski definition) is 1. The van der Waals surface area contributed by atoms with E-state index in [1.807, 2.05) is 17.7 Å². The van der Waals surface area contributed by atoms with Gasteiger partial charge >= 0.3 is 0 Å². The lowest BCUT2D eigenvalue weighted by Gasteiger charge is -2.05. The Morgan fingerprint density at radius 1 is 1.55 bits per heavy atom. The summed E-state index contributed by atoms with van der Waals surface area (Å²) < 4.78 is 9.17. The standard InChI is InChI=1S/C13H17N5O2/c1-10-11(16-18-7-8-20-13(10)18)12(19)15-3-2-5-17-6-4-14-9-17/h4,6,9H,2-3,5,7-8H2,1H3,(H,15,19). The summed E-state index contributed by atoms with van der Waals surface area (Å²) in [6.45, 7) is 4.66. The number of fused-ring (bicyclic) bond motifs is 1. The normalized spacial score (nSPS) is 13.1. The molecule has 106 valence electrons. The first-order chi connectivity index (χ1) is 9.75. The SMILES string of the molecule is Cc1c(C(=O)NCCCn2ccnc2)nn2c1OCC2. The molecule has 0 saturated heterocycles. The summed E-state index contributed by atoms with van der Waals surface area (Å²) in [5.41, 5.74) is 1.27. The average Bonchev–Trinajstić information content (AvgIpc) is 3.14. The number of ether oxygens (including phenoxy) is 1. The van der Waals surface area contributed by atoms with Crippen molar-refractivity contribution in [1.82, 2.24) is 24.6 Å². The molecule has 0 aromatic carbocycles. The van der Waals surface area contributed by atoms with Gasteiger partial charge in [-0.05, 0) is 13.3 Å². The molecule has 7 nitrogen and oxygen atoms in total. The van der Waals surface area contributed by atoms with Crippen LogP contribution in [0, 0.1) is 6.92 Å². The predicted octanol–water partition coefficient (Wildman–Crippen LogP) is 0.601. The molecule has 0 saturated carbocycles. The van der Waals surface area contributed by atoms with Crippen molar-refractivity contribution in [1.29, 1.82) is 0 Å². The van der Waals surface area contributed by atoms with Gasteiger partial charge in [-0.2, -0.15) is 5.10 Å². The van der Waals surface area contributed by atoms with Crippen molar-refractivity contribution in [3.8, 4) is 5.88 Å². The molecular formula is C13H17N5O2. The fourth-order valence-electron chi connectivity index (χ4n) is 2.28. The fourth-order valence-corrected chi connectivity index (χ4v) is 2.28. The third kappa shape index (κ3) is 2.38. The summed E-state index contributed by atoms with van der Waals surface area (Å²) in [5.74, 6) is 0.576. The highest BCUT2D eigenvalue weighted by molar-refractivity contribution is 5.94. The molecular weight excluding hydrogens is 258 g/mol. The number of nitrogens with one attached hydrogen (secondary N) is 1. The molecule has 0 atom stereocenters. The van der Waals surface area contributed by atoms with E-state index in [0.717, 1.165) is 18.5 Å². The molecule has 3 rings (SSSR count). The number of carbonyl (C=O) groups is 1. The van der Waals surface area contributed by atoms with Crippen LogP contribution in [0.5, 0.6) is 5.88 Å². The second kappa shape index (κ2) is 5.36. The van der Waals surface area contributed by atoms with Gasteiger partial charge in [0.1, 0.15) is 6.61 Å². The van der Waals surface area contributed by atoms with E-state index in [1.165, 1.54) is 0 Å². The zero-order chi connectivity index (χ0) is 13.9. The van der Waals surface area contributed by atoms with Gasteiger partial charge in [-0.1, -0.05) is 0 Å². The Morgan fingerprint density at radius 3 is 3.20 bits per heavy atom. The Hall–Kier alpha value is -2.31. The second-order valence-corrected chi connectivity index (χ2v) is 4.76. The van der Waals surface area contributed by atoms with Crippen LogP contribution in [0.3, 0.4) is 0 Å². The minimum atomic E-state index is -0.140. The predicted molar refractivity (Wildman–Crippen MR) is 71.6 cm³/mol. The van der Waals surface area contributed by atoms with Crippen LogP contribution >= 0.6 is 0 Å². The quantitative estimate of drug-likeness (QED) is 0.811. The van der Waals surface area contributed by atoms with Crippen molar-refractivity contribution in [2.45, 2.75) is 26.4 Å². The van der Waals surface area contributed by atoms with Crippen molar-refractivity contribution >= 4 is 5.91 Å². The minimum absolute atomic E-state index is 0.140. The van der Waals surface area contributed by atoms with Gasteiger partial charge in [0.05, 0.1) is 12.9 Å². The molecule has 20 heavy (non-hydrogen) atoms. The molecule has 3 heterocycles. The molecule has 1 N–H and O–H groups in total. The Kier molecular flexibility index (Phi) is 3.41. The van der Waals surface area contributed by atoms with Gasteiger partial charge in [0.15, 0.2) is 5.69 Å². The molecule has 2 aromatic heterocycles. The van der Waals surface area contributed by atoms with E-state index in [-0.39, 0.29) is 5.91 Å². The van der Waals surface area contributed by atoms with E-state index in [1.54, 1.807) is 17.2 Å². The van der Waals surface area contributed by atoms with Crippen LogP contribution in [0.4, 0.5) is 0 Å². The van der Waals surface area contributed by atoms with Crippen LogP contribution in [0.15, 0.2) is 18.7 Å². The topological polar surface area (TPSA) is 74.0 Å². The smallest absolute Gasteiger partial charge is 0.272 e. The van der Waals surface area contributed by atoms with Crippen molar-refractivity contribution < 1.29 is 9.53 Å². The Bertz CT molecular complexity index is 603. The molecule has 0 unspecified atom stereocenters. The van der Waals surface area contributed by atoms with Gasteiger partial charge in [-0.15, -0.1) is 0 Å². The molecule has 0 spiro atoms.